The van der Waals surface area contributed by atoms with E-state index in [0.29, 0.717) is 5.69 Å². The maximum atomic E-state index is 13.1. The van der Waals surface area contributed by atoms with Gasteiger partial charge in [0, 0.05) is 5.41 Å². The van der Waals surface area contributed by atoms with Crippen LogP contribution < -0.4 is 4.31 Å². The van der Waals surface area contributed by atoms with Crippen molar-refractivity contribution in [3.63, 3.8) is 0 Å². The van der Waals surface area contributed by atoms with E-state index in [-0.39, 0.29) is 10.6 Å². The first-order chi connectivity index (χ1) is 11.7. The highest BCUT2D eigenvalue weighted by molar-refractivity contribution is 7.95. The molecular formula is C17H16FNO4S2. The van der Waals surface area contributed by atoms with Gasteiger partial charge in [-0.1, -0.05) is 17.7 Å². The van der Waals surface area contributed by atoms with E-state index in [1.807, 2.05) is 6.92 Å². The van der Waals surface area contributed by atoms with Crippen LogP contribution in [0.15, 0.2) is 64.9 Å². The Hall–Kier alpha value is -2.19. The number of anilines is 1. The molecule has 0 N–H and O–H groups in total. The molecule has 0 fully saturated rings. The number of aryl methyl sites for hydroxylation is 1. The third-order valence-electron chi connectivity index (χ3n) is 3.87. The van der Waals surface area contributed by atoms with Crippen LogP contribution in [0, 0.1) is 12.7 Å². The van der Waals surface area contributed by atoms with Crippen molar-refractivity contribution < 1.29 is 21.2 Å². The van der Waals surface area contributed by atoms with Gasteiger partial charge in [-0.05, 0) is 49.4 Å². The van der Waals surface area contributed by atoms with Gasteiger partial charge in [-0.25, -0.2) is 21.2 Å². The minimum Gasteiger partial charge on any atom is -0.258 e. The quantitative estimate of drug-likeness (QED) is 0.816. The molecule has 132 valence electrons. The molecule has 5 nitrogen and oxygen atoms in total. The first kappa shape index (κ1) is 17.6. The summed E-state index contributed by atoms with van der Waals surface area (Å²) in [4.78, 5) is -0.104. The van der Waals surface area contributed by atoms with E-state index in [9.17, 15) is 21.2 Å². The lowest BCUT2D eigenvalue weighted by molar-refractivity contribution is 0.585. The van der Waals surface area contributed by atoms with E-state index in [0.717, 1.165) is 27.4 Å². The van der Waals surface area contributed by atoms with Crippen LogP contribution in [0.5, 0.6) is 0 Å². The van der Waals surface area contributed by atoms with Crippen molar-refractivity contribution in [2.75, 3.05) is 10.1 Å². The summed E-state index contributed by atoms with van der Waals surface area (Å²) < 4.78 is 64.0. The van der Waals surface area contributed by atoms with Crippen LogP contribution in [0.1, 0.15) is 5.56 Å². The van der Waals surface area contributed by atoms with Gasteiger partial charge in [0.15, 0.2) is 9.84 Å². The van der Waals surface area contributed by atoms with E-state index in [2.05, 4.69) is 0 Å². The Morgan fingerprint density at radius 2 is 1.64 bits per heavy atom. The van der Waals surface area contributed by atoms with Crippen LogP contribution in [0.2, 0.25) is 0 Å². The first-order valence-electron chi connectivity index (χ1n) is 7.47. The van der Waals surface area contributed by atoms with Crippen LogP contribution in [0.25, 0.3) is 0 Å². The van der Waals surface area contributed by atoms with Crippen molar-refractivity contribution in [1.29, 1.82) is 0 Å². The van der Waals surface area contributed by atoms with E-state index >= 15 is 0 Å². The summed E-state index contributed by atoms with van der Waals surface area (Å²) in [5.41, 5.74) is 1.29. The Balaban J connectivity index is 2.12. The summed E-state index contributed by atoms with van der Waals surface area (Å²) in [6.07, 6.45) is 1.36. The number of rotatable bonds is 4. The van der Waals surface area contributed by atoms with Crippen LogP contribution in [-0.2, 0) is 19.9 Å². The fourth-order valence-electron chi connectivity index (χ4n) is 2.63. The second kappa shape index (κ2) is 6.27. The summed E-state index contributed by atoms with van der Waals surface area (Å²) in [5, 5.41) is 1.03. The van der Waals surface area contributed by atoms with E-state index < -0.39 is 31.7 Å². The topological polar surface area (TPSA) is 71.5 Å². The molecule has 8 heteroatoms. The lowest BCUT2D eigenvalue weighted by atomic mass is 10.2. The number of nitrogens with zero attached hydrogens (tertiary/aromatic N) is 1. The second-order valence-corrected chi connectivity index (χ2v) is 9.56. The van der Waals surface area contributed by atoms with Gasteiger partial charge < -0.3 is 0 Å². The third-order valence-corrected chi connectivity index (χ3v) is 7.12. The zero-order chi connectivity index (χ0) is 18.2. The molecule has 1 atom stereocenters. The number of sulfone groups is 1. The summed E-state index contributed by atoms with van der Waals surface area (Å²) in [6.45, 7) is 1.86. The average molecular weight is 381 g/mol. The van der Waals surface area contributed by atoms with Crippen molar-refractivity contribution in [2.24, 2.45) is 0 Å². The molecule has 0 radical (unpaired) electrons. The number of halogens is 1. The van der Waals surface area contributed by atoms with E-state index in [1.54, 1.807) is 24.3 Å². The minimum absolute atomic E-state index is 0.104. The van der Waals surface area contributed by atoms with Crippen LogP contribution in [-0.4, -0.2) is 28.6 Å². The lowest BCUT2D eigenvalue weighted by Crippen LogP contribution is -2.41. The average Bonchev–Trinajstić information content (AvgIpc) is 2.89. The maximum absolute atomic E-state index is 13.1. The van der Waals surface area contributed by atoms with Gasteiger partial charge in [0.2, 0.25) is 0 Å². The number of benzene rings is 2. The number of hydrogen-bond donors (Lipinski definition) is 0. The van der Waals surface area contributed by atoms with Gasteiger partial charge in [0.1, 0.15) is 5.82 Å². The fraction of sp³-hybridized carbons (Fsp3) is 0.176. The molecule has 0 aliphatic carbocycles. The lowest BCUT2D eigenvalue weighted by Gasteiger charge is -2.29. The van der Waals surface area contributed by atoms with Crippen molar-refractivity contribution in [1.82, 2.24) is 0 Å². The Morgan fingerprint density at radius 1 is 1.04 bits per heavy atom. The van der Waals surface area contributed by atoms with Crippen LogP contribution >= 0.6 is 0 Å². The van der Waals surface area contributed by atoms with Crippen LogP contribution in [0.4, 0.5) is 10.1 Å². The van der Waals surface area contributed by atoms with Gasteiger partial charge in [0.05, 0.1) is 22.4 Å². The van der Waals surface area contributed by atoms with Crippen molar-refractivity contribution in [2.45, 2.75) is 17.9 Å². The molecule has 0 spiro atoms. The first-order valence-corrected chi connectivity index (χ1v) is 10.6. The fourth-order valence-corrected chi connectivity index (χ4v) is 5.60. The molecule has 1 aliphatic rings. The monoisotopic (exact) mass is 381 g/mol. The normalized spacial score (nSPS) is 19.0. The Bertz CT molecular complexity index is 1010. The van der Waals surface area contributed by atoms with E-state index in [4.69, 9.17) is 0 Å². The summed E-state index contributed by atoms with van der Waals surface area (Å²) in [6, 6.07) is 10.3. The molecule has 0 saturated carbocycles. The summed E-state index contributed by atoms with van der Waals surface area (Å²) >= 11 is 0. The predicted molar refractivity (Wildman–Crippen MR) is 94.0 cm³/mol. The molecule has 1 heterocycles. The molecule has 25 heavy (non-hydrogen) atoms. The Kier molecular flexibility index (Phi) is 4.42. The molecule has 0 aromatic heterocycles. The Morgan fingerprint density at radius 3 is 2.16 bits per heavy atom. The van der Waals surface area contributed by atoms with Crippen LogP contribution in [0.3, 0.4) is 0 Å². The molecule has 1 unspecified atom stereocenters. The van der Waals surface area contributed by atoms with Crippen molar-refractivity contribution in [3.8, 4) is 0 Å². The van der Waals surface area contributed by atoms with Gasteiger partial charge in [-0.2, -0.15) is 0 Å². The highest BCUT2D eigenvalue weighted by atomic mass is 32.2. The van der Waals surface area contributed by atoms with Gasteiger partial charge in [-0.15, -0.1) is 0 Å². The summed E-state index contributed by atoms with van der Waals surface area (Å²) in [5.74, 6) is -0.884. The highest BCUT2D eigenvalue weighted by Gasteiger charge is 2.35. The standard InChI is InChI=1S/C17H16FNO4S2/c1-13-2-6-15(7-3-13)19(16-10-11-24(20,21)12-16)25(22,23)17-8-4-14(18)5-9-17/h2-11,16H,12H2,1H3. The highest BCUT2D eigenvalue weighted by Crippen LogP contribution is 2.30. The van der Waals surface area contributed by atoms with E-state index in [1.165, 1.54) is 18.2 Å². The maximum Gasteiger partial charge on any atom is 0.264 e. The molecule has 0 amide bonds. The molecule has 1 aliphatic heterocycles. The molecular weight excluding hydrogens is 365 g/mol. The summed E-state index contributed by atoms with van der Waals surface area (Å²) in [7, 11) is -7.52. The zero-order valence-corrected chi connectivity index (χ0v) is 15.0. The predicted octanol–water partition coefficient (Wildman–Crippen LogP) is 2.64. The minimum atomic E-state index is -4.07. The number of sulfonamides is 1. The largest absolute Gasteiger partial charge is 0.264 e. The Labute approximate surface area is 146 Å². The van der Waals surface area contributed by atoms with Gasteiger partial charge in [0.25, 0.3) is 10.0 Å². The number of hydrogen-bond acceptors (Lipinski definition) is 4. The van der Waals surface area contributed by atoms with Gasteiger partial charge in [-0.3, -0.25) is 4.31 Å². The molecule has 0 saturated heterocycles. The SMILES string of the molecule is Cc1ccc(N(C2C=CS(=O)(=O)C2)S(=O)(=O)c2ccc(F)cc2)cc1. The van der Waals surface area contributed by atoms with Crippen molar-refractivity contribution >= 4 is 25.5 Å². The second-order valence-electron chi connectivity index (χ2n) is 5.82. The molecule has 2 aromatic carbocycles. The zero-order valence-electron chi connectivity index (χ0n) is 13.3. The molecule has 3 rings (SSSR count). The van der Waals surface area contributed by atoms with Gasteiger partial charge >= 0.3 is 0 Å². The smallest absolute Gasteiger partial charge is 0.258 e. The molecule has 2 aromatic rings. The third kappa shape index (κ3) is 3.59. The van der Waals surface area contributed by atoms with Crippen molar-refractivity contribution in [3.05, 3.63) is 71.4 Å². The molecule has 0 bridgehead atoms.